The second-order valence-corrected chi connectivity index (χ2v) is 5.56. The molecular formula is C19H18N4O. The minimum Gasteiger partial charge on any atom is -0.324 e. The molecule has 1 aromatic heterocycles. The lowest BCUT2D eigenvalue weighted by Gasteiger charge is -2.09. The molecule has 5 nitrogen and oxygen atoms in total. The first kappa shape index (κ1) is 15.7. The summed E-state index contributed by atoms with van der Waals surface area (Å²) in [5, 5.41) is 5.96. The molecule has 0 unspecified atom stereocenters. The molecule has 0 aliphatic carbocycles. The number of anilines is 3. The van der Waals surface area contributed by atoms with E-state index in [0.29, 0.717) is 11.5 Å². The van der Waals surface area contributed by atoms with Gasteiger partial charge < -0.3 is 10.6 Å². The molecule has 2 aromatic carbocycles. The number of nitrogens with zero attached hydrogens (tertiary/aromatic N) is 2. The maximum Gasteiger partial charge on any atom is 0.258 e. The Morgan fingerprint density at radius 1 is 0.958 bits per heavy atom. The quantitative estimate of drug-likeness (QED) is 0.760. The number of aryl methyl sites for hydroxylation is 2. The molecule has 3 rings (SSSR count). The van der Waals surface area contributed by atoms with Gasteiger partial charge in [0.25, 0.3) is 5.91 Å². The number of nitrogens with one attached hydrogen (secondary N) is 2. The molecule has 0 aliphatic heterocycles. The van der Waals surface area contributed by atoms with Crippen molar-refractivity contribution in [1.82, 2.24) is 9.97 Å². The van der Waals surface area contributed by atoms with Crippen molar-refractivity contribution in [2.24, 2.45) is 0 Å². The standard InChI is InChI=1S/C19H18N4O/c1-13-8-9-17(14(2)10-13)23-19-20-11-15(12-21-19)18(24)22-16-6-4-3-5-7-16/h3-12H,1-2H3,(H,22,24)(H,20,21,23). The molecule has 0 bridgehead atoms. The molecule has 0 aliphatic rings. The van der Waals surface area contributed by atoms with E-state index in [1.54, 1.807) is 0 Å². The summed E-state index contributed by atoms with van der Waals surface area (Å²) in [4.78, 5) is 20.6. The van der Waals surface area contributed by atoms with Crippen LogP contribution in [-0.4, -0.2) is 15.9 Å². The lowest BCUT2D eigenvalue weighted by molar-refractivity contribution is 0.102. The summed E-state index contributed by atoms with van der Waals surface area (Å²) < 4.78 is 0. The number of carbonyl (C=O) groups is 1. The number of hydrogen-bond acceptors (Lipinski definition) is 4. The zero-order valence-electron chi connectivity index (χ0n) is 13.6. The molecule has 5 heteroatoms. The third-order valence-electron chi connectivity index (χ3n) is 3.57. The van der Waals surface area contributed by atoms with E-state index in [4.69, 9.17) is 0 Å². The fourth-order valence-corrected chi connectivity index (χ4v) is 2.31. The largest absolute Gasteiger partial charge is 0.324 e. The van der Waals surface area contributed by atoms with Crippen molar-refractivity contribution in [3.05, 3.63) is 77.6 Å². The minimum absolute atomic E-state index is 0.237. The predicted molar refractivity (Wildman–Crippen MR) is 95.6 cm³/mol. The van der Waals surface area contributed by atoms with Crippen LogP contribution in [0, 0.1) is 13.8 Å². The summed E-state index contributed by atoms with van der Waals surface area (Å²) in [6, 6.07) is 15.4. The molecule has 3 aromatic rings. The average molecular weight is 318 g/mol. The smallest absolute Gasteiger partial charge is 0.258 e. The fraction of sp³-hybridized carbons (Fsp3) is 0.105. The van der Waals surface area contributed by atoms with Crippen LogP contribution < -0.4 is 10.6 Å². The number of para-hydroxylation sites is 1. The van der Waals surface area contributed by atoms with Crippen LogP contribution >= 0.6 is 0 Å². The van der Waals surface area contributed by atoms with Crippen LogP contribution in [0.2, 0.25) is 0 Å². The van der Waals surface area contributed by atoms with Gasteiger partial charge in [0.2, 0.25) is 5.95 Å². The molecule has 120 valence electrons. The van der Waals surface area contributed by atoms with Crippen LogP contribution in [0.3, 0.4) is 0 Å². The summed E-state index contributed by atoms with van der Waals surface area (Å²) in [5.74, 6) is 0.220. The van der Waals surface area contributed by atoms with Crippen LogP contribution in [0.1, 0.15) is 21.5 Å². The van der Waals surface area contributed by atoms with Crippen molar-refractivity contribution in [3.63, 3.8) is 0 Å². The topological polar surface area (TPSA) is 66.9 Å². The van der Waals surface area contributed by atoms with Gasteiger partial charge in [0.05, 0.1) is 5.56 Å². The van der Waals surface area contributed by atoms with E-state index in [1.165, 1.54) is 18.0 Å². The Morgan fingerprint density at radius 3 is 2.33 bits per heavy atom. The Hall–Kier alpha value is -3.21. The second kappa shape index (κ2) is 6.91. The molecular weight excluding hydrogens is 300 g/mol. The second-order valence-electron chi connectivity index (χ2n) is 5.56. The third kappa shape index (κ3) is 3.76. The summed E-state index contributed by atoms with van der Waals surface area (Å²) in [6.45, 7) is 4.07. The van der Waals surface area contributed by atoms with Gasteiger partial charge in [0, 0.05) is 23.8 Å². The van der Waals surface area contributed by atoms with Crippen LogP contribution in [0.4, 0.5) is 17.3 Å². The maximum atomic E-state index is 12.2. The Balaban J connectivity index is 1.70. The van der Waals surface area contributed by atoms with Gasteiger partial charge in [-0.2, -0.15) is 0 Å². The van der Waals surface area contributed by atoms with Crippen LogP contribution in [0.5, 0.6) is 0 Å². The van der Waals surface area contributed by atoms with Gasteiger partial charge in [-0.25, -0.2) is 9.97 Å². The maximum absolute atomic E-state index is 12.2. The molecule has 0 radical (unpaired) electrons. The first-order valence-corrected chi connectivity index (χ1v) is 7.64. The molecule has 1 heterocycles. The summed E-state index contributed by atoms with van der Waals surface area (Å²) in [7, 11) is 0. The highest BCUT2D eigenvalue weighted by molar-refractivity contribution is 6.03. The van der Waals surface area contributed by atoms with E-state index in [2.05, 4.69) is 26.7 Å². The summed E-state index contributed by atoms with van der Waals surface area (Å²) in [6.07, 6.45) is 3.02. The van der Waals surface area contributed by atoms with E-state index < -0.39 is 0 Å². The molecule has 0 saturated heterocycles. The SMILES string of the molecule is Cc1ccc(Nc2ncc(C(=O)Nc3ccccc3)cn2)c(C)c1. The lowest BCUT2D eigenvalue weighted by atomic mass is 10.1. The van der Waals surface area contributed by atoms with Gasteiger partial charge in [-0.3, -0.25) is 4.79 Å². The van der Waals surface area contributed by atoms with Crippen molar-refractivity contribution in [2.75, 3.05) is 10.6 Å². The zero-order chi connectivity index (χ0) is 16.9. The van der Waals surface area contributed by atoms with Gasteiger partial charge in [-0.15, -0.1) is 0 Å². The molecule has 1 amide bonds. The number of aromatic nitrogens is 2. The van der Waals surface area contributed by atoms with E-state index in [1.807, 2.05) is 56.3 Å². The van der Waals surface area contributed by atoms with Crippen molar-refractivity contribution >= 4 is 23.2 Å². The summed E-state index contributed by atoms with van der Waals surface area (Å²) in [5.41, 5.74) is 4.41. The number of hydrogen-bond donors (Lipinski definition) is 2. The van der Waals surface area contributed by atoms with Crippen LogP contribution in [0.25, 0.3) is 0 Å². The van der Waals surface area contributed by atoms with Crippen molar-refractivity contribution < 1.29 is 4.79 Å². The number of benzene rings is 2. The van der Waals surface area contributed by atoms with Gasteiger partial charge in [-0.1, -0.05) is 35.9 Å². The van der Waals surface area contributed by atoms with Crippen LogP contribution in [-0.2, 0) is 0 Å². The zero-order valence-corrected chi connectivity index (χ0v) is 13.6. The van der Waals surface area contributed by atoms with Gasteiger partial charge in [0.15, 0.2) is 0 Å². The highest BCUT2D eigenvalue weighted by Crippen LogP contribution is 2.19. The van der Waals surface area contributed by atoms with Crippen molar-refractivity contribution in [1.29, 1.82) is 0 Å². The van der Waals surface area contributed by atoms with Gasteiger partial charge in [0.1, 0.15) is 0 Å². The summed E-state index contributed by atoms with van der Waals surface area (Å²) >= 11 is 0. The number of amides is 1. The first-order valence-electron chi connectivity index (χ1n) is 7.64. The Labute approximate surface area is 140 Å². The van der Waals surface area contributed by atoms with Crippen LogP contribution in [0.15, 0.2) is 60.9 Å². The fourth-order valence-electron chi connectivity index (χ4n) is 2.31. The van der Waals surface area contributed by atoms with E-state index in [9.17, 15) is 4.79 Å². The van der Waals surface area contributed by atoms with Gasteiger partial charge in [-0.05, 0) is 37.6 Å². The Bertz CT molecular complexity index is 845. The van der Waals surface area contributed by atoms with E-state index in [0.717, 1.165) is 16.9 Å². The predicted octanol–water partition coefficient (Wildman–Crippen LogP) is 4.09. The number of rotatable bonds is 4. The molecule has 0 fully saturated rings. The van der Waals surface area contributed by atoms with E-state index >= 15 is 0 Å². The average Bonchev–Trinajstić information content (AvgIpc) is 2.59. The highest BCUT2D eigenvalue weighted by atomic mass is 16.1. The highest BCUT2D eigenvalue weighted by Gasteiger charge is 2.08. The normalized spacial score (nSPS) is 10.2. The lowest BCUT2D eigenvalue weighted by Crippen LogP contribution is -2.13. The first-order chi connectivity index (χ1) is 11.6. The van der Waals surface area contributed by atoms with Gasteiger partial charge >= 0.3 is 0 Å². The Kier molecular flexibility index (Phi) is 4.52. The molecule has 0 spiro atoms. The van der Waals surface area contributed by atoms with E-state index in [-0.39, 0.29) is 5.91 Å². The monoisotopic (exact) mass is 318 g/mol. The molecule has 0 saturated carbocycles. The number of carbonyl (C=O) groups excluding carboxylic acids is 1. The third-order valence-corrected chi connectivity index (χ3v) is 3.57. The van der Waals surface area contributed by atoms with Crippen molar-refractivity contribution in [2.45, 2.75) is 13.8 Å². The molecule has 0 atom stereocenters. The van der Waals surface area contributed by atoms with Crippen molar-refractivity contribution in [3.8, 4) is 0 Å². The molecule has 2 N–H and O–H groups in total. The minimum atomic E-state index is -0.237. The Morgan fingerprint density at radius 2 is 1.67 bits per heavy atom. The molecule has 24 heavy (non-hydrogen) atoms.